The molecule has 0 saturated carbocycles. The van der Waals surface area contributed by atoms with E-state index in [-0.39, 0.29) is 5.91 Å². The lowest BCUT2D eigenvalue weighted by Gasteiger charge is -2.24. The average Bonchev–Trinajstić information content (AvgIpc) is 2.98. The van der Waals surface area contributed by atoms with Gasteiger partial charge in [0.25, 0.3) is 0 Å². The number of aromatic nitrogens is 2. The van der Waals surface area contributed by atoms with Gasteiger partial charge in [-0.05, 0) is 25.0 Å². The van der Waals surface area contributed by atoms with Gasteiger partial charge in [0.1, 0.15) is 5.75 Å². The van der Waals surface area contributed by atoms with Gasteiger partial charge in [-0.25, -0.2) is 0 Å². The third-order valence-electron chi connectivity index (χ3n) is 3.63. The Kier molecular flexibility index (Phi) is 4.29. The first-order chi connectivity index (χ1) is 10.7. The van der Waals surface area contributed by atoms with E-state index in [2.05, 4.69) is 10.1 Å². The third-order valence-corrected chi connectivity index (χ3v) is 3.93. The number of benzene rings is 1. The molecule has 0 N–H and O–H groups in total. The van der Waals surface area contributed by atoms with Crippen molar-refractivity contribution in [1.29, 1.82) is 0 Å². The molecule has 1 aliphatic rings. The van der Waals surface area contributed by atoms with Gasteiger partial charge in [-0.2, -0.15) is 4.98 Å². The van der Waals surface area contributed by atoms with Crippen LogP contribution >= 0.6 is 11.6 Å². The van der Waals surface area contributed by atoms with E-state index >= 15 is 0 Å². The minimum Gasteiger partial charge on any atom is -0.494 e. The summed E-state index contributed by atoms with van der Waals surface area (Å²) >= 11 is 6.10. The molecule has 1 amide bonds. The highest BCUT2D eigenvalue weighted by molar-refractivity contribution is 6.32. The van der Waals surface area contributed by atoms with Gasteiger partial charge in [0.2, 0.25) is 17.6 Å². The maximum atomic E-state index is 11.8. The van der Waals surface area contributed by atoms with Gasteiger partial charge in [0.15, 0.2) is 0 Å². The second-order valence-electron chi connectivity index (χ2n) is 5.10. The summed E-state index contributed by atoms with van der Waals surface area (Å²) < 4.78 is 10.5. The molecule has 116 valence electrons. The number of carbonyl (C=O) groups is 1. The number of likely N-dealkylation sites (tertiary alicyclic amines) is 1. The molecule has 0 atom stereocenters. The van der Waals surface area contributed by atoms with Gasteiger partial charge < -0.3 is 14.2 Å². The highest BCUT2D eigenvalue weighted by Gasteiger charge is 2.21. The lowest BCUT2D eigenvalue weighted by atomic mass is 10.1. The molecule has 0 bridgehead atoms. The number of ether oxygens (including phenoxy) is 1. The predicted molar refractivity (Wildman–Crippen MR) is 80.6 cm³/mol. The van der Waals surface area contributed by atoms with Crippen LogP contribution < -0.4 is 4.74 Å². The summed E-state index contributed by atoms with van der Waals surface area (Å²) in [6.45, 7) is 1.08. The van der Waals surface area contributed by atoms with Crippen LogP contribution in [0.5, 0.6) is 5.75 Å². The molecule has 1 aliphatic heterocycles. The molecule has 1 fully saturated rings. The van der Waals surface area contributed by atoms with Crippen LogP contribution in [0.4, 0.5) is 0 Å². The fourth-order valence-corrected chi connectivity index (χ4v) is 2.76. The number of rotatable bonds is 4. The number of carbonyl (C=O) groups excluding carboxylic acids is 1. The number of piperidine rings is 1. The molecule has 1 saturated heterocycles. The predicted octanol–water partition coefficient (Wildman–Crippen LogP) is 2.91. The summed E-state index contributed by atoms with van der Waals surface area (Å²) in [7, 11) is 1.54. The summed E-state index contributed by atoms with van der Waals surface area (Å²) in [6, 6.07) is 5.34. The average molecular weight is 322 g/mol. The Balaban J connectivity index is 1.82. The molecule has 3 rings (SSSR count). The molecule has 0 aliphatic carbocycles. The van der Waals surface area contributed by atoms with E-state index in [9.17, 15) is 4.79 Å². The summed E-state index contributed by atoms with van der Waals surface area (Å²) in [6.07, 6.45) is 2.54. The SMILES string of the molecule is COc1c(Cl)cccc1-c1noc(CN2CCCCC2=O)n1. The van der Waals surface area contributed by atoms with E-state index < -0.39 is 0 Å². The van der Waals surface area contributed by atoms with Crippen molar-refractivity contribution in [2.24, 2.45) is 0 Å². The molecule has 1 aromatic heterocycles. The Morgan fingerprint density at radius 2 is 2.27 bits per heavy atom. The van der Waals surface area contributed by atoms with Gasteiger partial charge in [-0.15, -0.1) is 0 Å². The summed E-state index contributed by atoms with van der Waals surface area (Å²) in [5, 5.41) is 4.45. The summed E-state index contributed by atoms with van der Waals surface area (Å²) in [5.41, 5.74) is 0.662. The first-order valence-electron chi connectivity index (χ1n) is 7.12. The van der Waals surface area contributed by atoms with Crippen molar-refractivity contribution in [3.63, 3.8) is 0 Å². The van der Waals surface area contributed by atoms with Crippen LogP contribution in [0.15, 0.2) is 22.7 Å². The smallest absolute Gasteiger partial charge is 0.246 e. The maximum absolute atomic E-state index is 11.8. The Morgan fingerprint density at radius 3 is 3.05 bits per heavy atom. The van der Waals surface area contributed by atoms with Crippen LogP contribution in [0, 0.1) is 0 Å². The van der Waals surface area contributed by atoms with E-state index in [0.29, 0.717) is 41.0 Å². The Morgan fingerprint density at radius 1 is 1.41 bits per heavy atom. The molecule has 1 aromatic carbocycles. The summed E-state index contributed by atoms with van der Waals surface area (Å²) in [4.78, 5) is 17.9. The quantitative estimate of drug-likeness (QED) is 0.866. The van der Waals surface area contributed by atoms with Crippen molar-refractivity contribution in [2.45, 2.75) is 25.8 Å². The van der Waals surface area contributed by atoms with E-state index in [4.69, 9.17) is 20.9 Å². The van der Waals surface area contributed by atoms with Gasteiger partial charge in [-0.1, -0.05) is 22.8 Å². The van der Waals surface area contributed by atoms with Crippen molar-refractivity contribution < 1.29 is 14.1 Å². The first-order valence-corrected chi connectivity index (χ1v) is 7.50. The highest BCUT2D eigenvalue weighted by atomic mass is 35.5. The number of nitrogens with zero attached hydrogens (tertiary/aromatic N) is 3. The lowest BCUT2D eigenvalue weighted by molar-refractivity contribution is -0.134. The van der Waals surface area contributed by atoms with Gasteiger partial charge in [0, 0.05) is 13.0 Å². The van der Waals surface area contributed by atoms with E-state index in [1.165, 1.54) is 7.11 Å². The number of halogens is 1. The van der Waals surface area contributed by atoms with Crippen LogP contribution in [0.1, 0.15) is 25.2 Å². The number of amides is 1. The number of hydrogen-bond donors (Lipinski definition) is 0. The van der Waals surface area contributed by atoms with Crippen molar-refractivity contribution >= 4 is 17.5 Å². The second kappa shape index (κ2) is 6.36. The Bertz CT molecular complexity index is 686. The molecule has 0 radical (unpaired) electrons. The second-order valence-corrected chi connectivity index (χ2v) is 5.51. The minimum absolute atomic E-state index is 0.131. The normalized spacial score (nSPS) is 15.2. The first kappa shape index (κ1) is 14.8. The van der Waals surface area contributed by atoms with Crippen LogP contribution in [-0.2, 0) is 11.3 Å². The third kappa shape index (κ3) is 2.92. The van der Waals surface area contributed by atoms with Gasteiger partial charge in [0.05, 0.1) is 24.2 Å². The van der Waals surface area contributed by atoms with E-state index in [1.54, 1.807) is 17.0 Å². The molecule has 0 unspecified atom stereocenters. The van der Waals surface area contributed by atoms with Crippen LogP contribution in [0.3, 0.4) is 0 Å². The number of para-hydroxylation sites is 1. The lowest BCUT2D eigenvalue weighted by Crippen LogP contribution is -2.34. The van der Waals surface area contributed by atoms with Gasteiger partial charge >= 0.3 is 0 Å². The Labute approximate surface area is 133 Å². The van der Waals surface area contributed by atoms with Crippen LogP contribution in [-0.4, -0.2) is 34.6 Å². The molecule has 22 heavy (non-hydrogen) atoms. The van der Waals surface area contributed by atoms with Crippen LogP contribution in [0.25, 0.3) is 11.4 Å². The van der Waals surface area contributed by atoms with E-state index in [1.807, 2.05) is 6.07 Å². The molecule has 7 heteroatoms. The van der Waals surface area contributed by atoms with Crippen molar-refractivity contribution in [1.82, 2.24) is 15.0 Å². The van der Waals surface area contributed by atoms with Crippen molar-refractivity contribution in [3.8, 4) is 17.1 Å². The Hall–Kier alpha value is -2.08. The fraction of sp³-hybridized carbons (Fsp3) is 0.400. The molecule has 2 aromatic rings. The molecular formula is C15H16ClN3O3. The van der Waals surface area contributed by atoms with Gasteiger partial charge in [-0.3, -0.25) is 4.79 Å². The zero-order chi connectivity index (χ0) is 15.5. The molecule has 6 nitrogen and oxygen atoms in total. The molecule has 2 heterocycles. The maximum Gasteiger partial charge on any atom is 0.246 e. The summed E-state index contributed by atoms with van der Waals surface area (Å²) in [5.74, 6) is 1.45. The monoisotopic (exact) mass is 321 g/mol. The topological polar surface area (TPSA) is 68.5 Å². The van der Waals surface area contributed by atoms with E-state index in [0.717, 1.165) is 19.4 Å². The van der Waals surface area contributed by atoms with Crippen molar-refractivity contribution in [2.75, 3.05) is 13.7 Å². The minimum atomic E-state index is 0.131. The molecular weight excluding hydrogens is 306 g/mol. The number of hydrogen-bond acceptors (Lipinski definition) is 5. The number of methoxy groups -OCH3 is 1. The zero-order valence-electron chi connectivity index (χ0n) is 12.2. The van der Waals surface area contributed by atoms with Crippen molar-refractivity contribution in [3.05, 3.63) is 29.1 Å². The largest absolute Gasteiger partial charge is 0.494 e. The standard InChI is InChI=1S/C15H16ClN3O3/c1-21-14-10(5-4-6-11(14)16)15-17-12(22-18-15)9-19-8-3-2-7-13(19)20/h4-6H,2-3,7-9H2,1H3. The highest BCUT2D eigenvalue weighted by Crippen LogP contribution is 2.34. The zero-order valence-corrected chi connectivity index (χ0v) is 13.0. The fourth-order valence-electron chi connectivity index (χ4n) is 2.51. The molecule has 0 spiro atoms. The van der Waals surface area contributed by atoms with Crippen LogP contribution in [0.2, 0.25) is 5.02 Å².